The third kappa shape index (κ3) is 2.25. The predicted molar refractivity (Wildman–Crippen MR) is 65.7 cm³/mol. The number of nitrogens with two attached hydrogens (primary N) is 1. The number of hydrogen-bond donors (Lipinski definition) is 2. The van der Waals surface area contributed by atoms with Gasteiger partial charge in [0.1, 0.15) is 11.6 Å². The number of benzene rings is 1. The molecule has 16 heavy (non-hydrogen) atoms. The van der Waals surface area contributed by atoms with E-state index in [1.54, 1.807) is 6.07 Å². The quantitative estimate of drug-likeness (QED) is 0.911. The van der Waals surface area contributed by atoms with Crippen LogP contribution < -0.4 is 5.73 Å². The minimum absolute atomic E-state index is 0.0915. The largest absolute Gasteiger partial charge is 0.342 e. The van der Waals surface area contributed by atoms with Crippen LogP contribution >= 0.6 is 15.9 Å². The van der Waals surface area contributed by atoms with Crippen molar-refractivity contribution in [3.05, 3.63) is 28.2 Å². The van der Waals surface area contributed by atoms with Gasteiger partial charge in [0.25, 0.3) is 0 Å². The summed E-state index contributed by atoms with van der Waals surface area (Å²) in [7, 11) is 0. The summed E-state index contributed by atoms with van der Waals surface area (Å²) in [6.07, 6.45) is 1.58. The molecule has 1 unspecified atom stereocenters. The van der Waals surface area contributed by atoms with Gasteiger partial charge in [-0.1, -0.05) is 6.92 Å². The molecule has 0 fully saturated rings. The van der Waals surface area contributed by atoms with E-state index in [0.29, 0.717) is 16.4 Å². The van der Waals surface area contributed by atoms with Crippen LogP contribution in [0.5, 0.6) is 0 Å². The molecule has 0 aliphatic carbocycles. The molecular formula is C11H13BrFN3. The number of H-pyrrole nitrogens is 1. The Balaban J connectivity index is 2.36. The lowest BCUT2D eigenvalue weighted by Crippen LogP contribution is -2.21. The third-order valence-electron chi connectivity index (χ3n) is 2.55. The molecule has 0 amide bonds. The molecule has 3 N–H and O–H groups in total. The molecular weight excluding hydrogens is 273 g/mol. The number of halogens is 2. The number of aromatic nitrogens is 2. The summed E-state index contributed by atoms with van der Waals surface area (Å²) in [5.74, 6) is 0.518. The maximum atomic E-state index is 13.3. The van der Waals surface area contributed by atoms with E-state index in [4.69, 9.17) is 5.73 Å². The summed E-state index contributed by atoms with van der Waals surface area (Å²) in [6, 6.07) is 3.20. The molecule has 0 radical (unpaired) electrons. The fraction of sp³-hybridized carbons (Fsp3) is 0.364. The maximum Gasteiger partial charge on any atom is 0.139 e. The van der Waals surface area contributed by atoms with Crippen molar-refractivity contribution in [3.8, 4) is 0 Å². The van der Waals surface area contributed by atoms with Gasteiger partial charge in [-0.05, 0) is 28.4 Å². The molecule has 5 heteroatoms. The highest BCUT2D eigenvalue weighted by Gasteiger charge is 2.09. The van der Waals surface area contributed by atoms with Crippen molar-refractivity contribution >= 4 is 27.0 Å². The van der Waals surface area contributed by atoms with E-state index in [9.17, 15) is 4.39 Å². The Kier molecular flexibility index (Phi) is 3.25. The van der Waals surface area contributed by atoms with Crippen LogP contribution in [-0.4, -0.2) is 16.0 Å². The van der Waals surface area contributed by atoms with E-state index in [0.717, 1.165) is 17.8 Å². The molecule has 0 saturated carbocycles. The third-order valence-corrected chi connectivity index (χ3v) is 3.16. The Morgan fingerprint density at radius 1 is 1.56 bits per heavy atom. The van der Waals surface area contributed by atoms with Crippen LogP contribution in [0.4, 0.5) is 4.39 Å². The van der Waals surface area contributed by atoms with Gasteiger partial charge in [-0.3, -0.25) is 0 Å². The van der Waals surface area contributed by atoms with E-state index in [2.05, 4.69) is 25.9 Å². The monoisotopic (exact) mass is 285 g/mol. The van der Waals surface area contributed by atoms with Crippen LogP contribution in [0.1, 0.15) is 19.2 Å². The first-order valence-electron chi connectivity index (χ1n) is 5.19. The number of aromatic amines is 1. The smallest absolute Gasteiger partial charge is 0.139 e. The first-order valence-corrected chi connectivity index (χ1v) is 5.98. The van der Waals surface area contributed by atoms with Gasteiger partial charge in [-0.2, -0.15) is 0 Å². The summed E-state index contributed by atoms with van der Waals surface area (Å²) < 4.78 is 13.7. The second kappa shape index (κ2) is 4.51. The van der Waals surface area contributed by atoms with Crippen molar-refractivity contribution < 1.29 is 4.39 Å². The maximum absolute atomic E-state index is 13.3. The number of nitrogens with one attached hydrogen (secondary N) is 1. The fourth-order valence-corrected chi connectivity index (χ4v) is 1.88. The van der Waals surface area contributed by atoms with Gasteiger partial charge in [0.15, 0.2) is 0 Å². The number of nitrogens with zero attached hydrogens (tertiary/aromatic N) is 1. The number of rotatable bonds is 3. The van der Waals surface area contributed by atoms with Crippen molar-refractivity contribution in [2.45, 2.75) is 25.8 Å². The average Bonchev–Trinajstić information content (AvgIpc) is 2.60. The standard InChI is InChI=1S/C11H13BrFN3/c1-2-6(14)3-11-15-9-4-7(12)8(13)5-10(9)16-11/h4-6H,2-3,14H2,1H3,(H,15,16). The zero-order valence-corrected chi connectivity index (χ0v) is 10.5. The Morgan fingerprint density at radius 3 is 3.00 bits per heavy atom. The predicted octanol–water partition coefficient (Wildman–Crippen LogP) is 2.74. The minimum Gasteiger partial charge on any atom is -0.342 e. The molecule has 86 valence electrons. The van der Waals surface area contributed by atoms with Crippen molar-refractivity contribution in [3.63, 3.8) is 0 Å². The van der Waals surface area contributed by atoms with Crippen molar-refractivity contribution in [1.82, 2.24) is 9.97 Å². The lowest BCUT2D eigenvalue weighted by molar-refractivity contribution is 0.622. The summed E-state index contributed by atoms with van der Waals surface area (Å²) in [4.78, 5) is 7.45. The molecule has 0 bridgehead atoms. The summed E-state index contributed by atoms with van der Waals surface area (Å²) in [5, 5.41) is 0. The van der Waals surface area contributed by atoms with E-state index in [1.165, 1.54) is 6.07 Å². The van der Waals surface area contributed by atoms with Crippen molar-refractivity contribution in [2.75, 3.05) is 0 Å². The fourth-order valence-electron chi connectivity index (χ4n) is 1.55. The molecule has 3 nitrogen and oxygen atoms in total. The average molecular weight is 286 g/mol. The second-order valence-electron chi connectivity index (χ2n) is 3.84. The highest BCUT2D eigenvalue weighted by molar-refractivity contribution is 9.10. The van der Waals surface area contributed by atoms with E-state index >= 15 is 0 Å². The molecule has 1 aromatic carbocycles. The molecule has 2 aromatic rings. The first kappa shape index (κ1) is 11.5. The Bertz CT molecular complexity index is 470. The highest BCUT2D eigenvalue weighted by atomic mass is 79.9. The minimum atomic E-state index is -0.289. The van der Waals surface area contributed by atoms with Crippen LogP contribution in [0, 0.1) is 5.82 Å². The molecule has 1 aromatic heterocycles. The normalized spacial score (nSPS) is 13.2. The number of hydrogen-bond acceptors (Lipinski definition) is 2. The molecule has 2 rings (SSSR count). The van der Waals surface area contributed by atoms with Crippen LogP contribution in [-0.2, 0) is 6.42 Å². The van der Waals surface area contributed by atoms with Crippen LogP contribution in [0.25, 0.3) is 11.0 Å². The lowest BCUT2D eigenvalue weighted by atomic mass is 10.2. The van der Waals surface area contributed by atoms with E-state index in [1.807, 2.05) is 6.92 Å². The molecule has 0 spiro atoms. The number of fused-ring (bicyclic) bond motifs is 1. The van der Waals surface area contributed by atoms with Gasteiger partial charge in [-0.25, -0.2) is 9.37 Å². The SMILES string of the molecule is CCC(N)Cc1nc2cc(Br)c(F)cc2[nH]1. The number of imidazole rings is 1. The van der Waals surface area contributed by atoms with Crippen LogP contribution in [0.15, 0.2) is 16.6 Å². The molecule has 0 saturated heterocycles. The topological polar surface area (TPSA) is 54.7 Å². The lowest BCUT2D eigenvalue weighted by Gasteiger charge is -2.04. The summed E-state index contributed by atoms with van der Waals surface area (Å²) in [6.45, 7) is 2.03. The Morgan fingerprint density at radius 2 is 2.31 bits per heavy atom. The van der Waals surface area contributed by atoms with Gasteiger partial charge in [0, 0.05) is 18.5 Å². The molecule has 0 aliphatic heterocycles. The van der Waals surface area contributed by atoms with Crippen LogP contribution in [0.3, 0.4) is 0 Å². The van der Waals surface area contributed by atoms with Gasteiger partial charge in [-0.15, -0.1) is 0 Å². The second-order valence-corrected chi connectivity index (χ2v) is 4.69. The van der Waals surface area contributed by atoms with Gasteiger partial charge in [0.2, 0.25) is 0 Å². The van der Waals surface area contributed by atoms with E-state index in [-0.39, 0.29) is 11.9 Å². The first-order chi connectivity index (χ1) is 7.60. The van der Waals surface area contributed by atoms with E-state index < -0.39 is 0 Å². The highest BCUT2D eigenvalue weighted by Crippen LogP contribution is 2.22. The van der Waals surface area contributed by atoms with Crippen LogP contribution in [0.2, 0.25) is 0 Å². The van der Waals surface area contributed by atoms with Gasteiger partial charge >= 0.3 is 0 Å². The summed E-state index contributed by atoms with van der Waals surface area (Å²) in [5.41, 5.74) is 7.31. The van der Waals surface area contributed by atoms with Crippen molar-refractivity contribution in [1.29, 1.82) is 0 Å². The Labute approximate surface area is 101 Å². The zero-order valence-electron chi connectivity index (χ0n) is 8.93. The molecule has 1 atom stereocenters. The Hall–Kier alpha value is -0.940. The summed E-state index contributed by atoms with van der Waals surface area (Å²) >= 11 is 3.14. The molecule has 0 aliphatic rings. The van der Waals surface area contributed by atoms with Gasteiger partial charge in [0.05, 0.1) is 15.5 Å². The van der Waals surface area contributed by atoms with Crippen molar-refractivity contribution in [2.24, 2.45) is 5.73 Å². The molecule has 1 heterocycles. The van der Waals surface area contributed by atoms with Gasteiger partial charge < -0.3 is 10.7 Å². The zero-order chi connectivity index (χ0) is 11.7.